The molecule has 3 aromatic heterocycles. The summed E-state index contributed by atoms with van der Waals surface area (Å²) in [4.78, 5) is 17.4. The van der Waals surface area contributed by atoms with Gasteiger partial charge in [0, 0.05) is 47.4 Å². The second kappa shape index (κ2) is 7.99. The van der Waals surface area contributed by atoms with Crippen LogP contribution in [0.15, 0.2) is 36.5 Å². The van der Waals surface area contributed by atoms with Crippen LogP contribution in [-0.4, -0.2) is 51.0 Å². The molecule has 2 aliphatic rings. The predicted octanol–water partition coefficient (Wildman–Crippen LogP) is 4.79. The molecule has 2 saturated heterocycles. The van der Waals surface area contributed by atoms with E-state index in [9.17, 15) is 9.18 Å². The summed E-state index contributed by atoms with van der Waals surface area (Å²) in [7, 11) is 0. The number of fused-ring (bicyclic) bond motifs is 2. The van der Waals surface area contributed by atoms with Crippen LogP contribution in [0.2, 0.25) is 0 Å². The maximum absolute atomic E-state index is 13.9. The third kappa shape index (κ3) is 3.35. The number of carbonyl (C=O) groups excluding carboxylic acids is 1. The normalized spacial score (nSPS) is 23.8. The number of pyridine rings is 1. The third-order valence-electron chi connectivity index (χ3n) is 7.50. The number of ether oxygens (including phenoxy) is 2. The van der Waals surface area contributed by atoms with Crippen molar-refractivity contribution >= 4 is 27.9 Å². The van der Waals surface area contributed by atoms with E-state index in [2.05, 4.69) is 20.8 Å². The quantitative estimate of drug-likeness (QED) is 0.472. The zero-order chi connectivity index (χ0) is 23.4. The molecule has 0 spiro atoms. The number of rotatable bonds is 4. The van der Waals surface area contributed by atoms with Crippen LogP contribution in [0.25, 0.3) is 27.8 Å². The second-order valence-electron chi connectivity index (χ2n) is 9.66. The molecule has 0 aliphatic carbocycles. The zero-order valence-electron chi connectivity index (χ0n) is 19.3. The van der Waals surface area contributed by atoms with Crippen molar-refractivity contribution in [2.24, 2.45) is 0 Å². The molecule has 4 aromatic rings. The number of nitrogens with zero attached hydrogens (tertiary/aromatic N) is 3. The highest BCUT2D eigenvalue weighted by atomic mass is 19.1. The van der Waals surface area contributed by atoms with Gasteiger partial charge in [-0.1, -0.05) is 0 Å². The highest BCUT2D eigenvalue weighted by Gasteiger charge is 2.44. The maximum atomic E-state index is 13.9. The molecule has 34 heavy (non-hydrogen) atoms. The number of halogens is 1. The Bertz CT molecular complexity index is 1390. The molecule has 0 amide bonds. The summed E-state index contributed by atoms with van der Waals surface area (Å²) in [5.74, 6) is 0.0334. The lowest BCUT2D eigenvalue weighted by Crippen LogP contribution is -2.32. The molecule has 6 rings (SSSR count). The fraction of sp³-hybridized carbons (Fsp3) is 0.423. The molecule has 7 nitrogen and oxygen atoms in total. The molecule has 2 aliphatic heterocycles. The van der Waals surface area contributed by atoms with Gasteiger partial charge >= 0.3 is 0 Å². The van der Waals surface area contributed by atoms with Crippen molar-refractivity contribution in [3.05, 3.63) is 53.6 Å². The average molecular weight is 463 g/mol. The zero-order valence-corrected chi connectivity index (χ0v) is 19.3. The second-order valence-corrected chi connectivity index (χ2v) is 9.66. The van der Waals surface area contributed by atoms with Crippen LogP contribution in [0.4, 0.5) is 4.39 Å². The van der Waals surface area contributed by atoms with E-state index >= 15 is 0 Å². The Hall–Kier alpha value is -3.10. The van der Waals surface area contributed by atoms with Crippen molar-refractivity contribution in [1.82, 2.24) is 19.7 Å². The van der Waals surface area contributed by atoms with Crippen LogP contribution >= 0.6 is 0 Å². The Morgan fingerprint density at radius 3 is 2.68 bits per heavy atom. The van der Waals surface area contributed by atoms with Crippen LogP contribution in [0.1, 0.15) is 56.2 Å². The fourth-order valence-corrected chi connectivity index (χ4v) is 5.56. The summed E-state index contributed by atoms with van der Waals surface area (Å²) < 4.78 is 27.8. The van der Waals surface area contributed by atoms with E-state index in [1.165, 1.54) is 17.8 Å². The number of aromatic amines is 1. The van der Waals surface area contributed by atoms with Crippen LogP contribution in [0.5, 0.6) is 0 Å². The first-order chi connectivity index (χ1) is 16.4. The molecule has 0 radical (unpaired) electrons. The van der Waals surface area contributed by atoms with Gasteiger partial charge in [0.2, 0.25) is 0 Å². The van der Waals surface area contributed by atoms with E-state index in [4.69, 9.17) is 14.5 Å². The van der Waals surface area contributed by atoms with Crippen LogP contribution in [0, 0.1) is 5.82 Å². The first-order valence-electron chi connectivity index (χ1n) is 11.8. The highest BCUT2D eigenvalue weighted by molar-refractivity contribution is 5.94. The maximum Gasteiger partial charge on any atom is 0.161 e. The van der Waals surface area contributed by atoms with Gasteiger partial charge in [0.05, 0.1) is 23.8 Å². The average Bonchev–Trinajstić information content (AvgIpc) is 3.54. The number of Topliss-reactive ketones (excluding diaryl/α,β-unsaturated/α-hetero) is 1. The number of carbonyl (C=O) groups is 1. The molecule has 0 unspecified atom stereocenters. The van der Waals surface area contributed by atoms with Gasteiger partial charge in [0.25, 0.3) is 0 Å². The van der Waals surface area contributed by atoms with E-state index in [0.717, 1.165) is 46.2 Å². The SMILES string of the molecule is CC(=O)[C@@]1(C)C[C@H](c2c(C3CCOCC3)n(-c3ccc(F)cc3)c3cc4cn[nH]c4nc23)CO1. The Labute approximate surface area is 196 Å². The monoisotopic (exact) mass is 462 g/mol. The van der Waals surface area contributed by atoms with Crippen LogP contribution in [0.3, 0.4) is 0 Å². The Morgan fingerprint density at radius 1 is 1.21 bits per heavy atom. The van der Waals surface area contributed by atoms with Gasteiger partial charge in [-0.2, -0.15) is 5.10 Å². The van der Waals surface area contributed by atoms with Gasteiger partial charge in [-0.3, -0.25) is 9.89 Å². The molecule has 1 N–H and O–H groups in total. The van der Waals surface area contributed by atoms with E-state index in [1.54, 1.807) is 13.1 Å². The van der Waals surface area contributed by atoms with Gasteiger partial charge < -0.3 is 14.0 Å². The van der Waals surface area contributed by atoms with Crippen molar-refractivity contribution in [1.29, 1.82) is 0 Å². The smallest absolute Gasteiger partial charge is 0.161 e. The van der Waals surface area contributed by atoms with E-state index < -0.39 is 5.60 Å². The van der Waals surface area contributed by atoms with Gasteiger partial charge in [-0.15, -0.1) is 0 Å². The third-order valence-corrected chi connectivity index (χ3v) is 7.50. The molecule has 2 atom stereocenters. The number of benzene rings is 1. The summed E-state index contributed by atoms with van der Waals surface area (Å²) in [6.45, 7) is 5.32. The molecule has 2 fully saturated rings. The Kier molecular flexibility index (Phi) is 5.04. The molecular weight excluding hydrogens is 435 g/mol. The van der Waals surface area contributed by atoms with Crippen LogP contribution in [-0.2, 0) is 14.3 Å². The summed E-state index contributed by atoms with van der Waals surface area (Å²) in [5, 5.41) is 8.08. The van der Waals surface area contributed by atoms with Crippen LogP contribution < -0.4 is 0 Å². The molecule has 0 bridgehead atoms. The molecule has 176 valence electrons. The summed E-state index contributed by atoms with van der Waals surface area (Å²) in [6, 6.07) is 8.70. The van der Waals surface area contributed by atoms with Crippen molar-refractivity contribution < 1.29 is 18.7 Å². The highest BCUT2D eigenvalue weighted by Crippen LogP contribution is 2.46. The molecule has 0 saturated carbocycles. The number of hydrogen-bond donors (Lipinski definition) is 1. The number of ketones is 1. The first kappa shape index (κ1) is 21.4. The molecule has 8 heteroatoms. The lowest BCUT2D eigenvalue weighted by atomic mass is 9.84. The van der Waals surface area contributed by atoms with E-state index in [0.29, 0.717) is 26.2 Å². The van der Waals surface area contributed by atoms with E-state index in [-0.39, 0.29) is 23.4 Å². The fourth-order valence-electron chi connectivity index (χ4n) is 5.56. The molecular formula is C26H27FN4O3. The molecule has 5 heterocycles. The Balaban J connectivity index is 1.65. The largest absolute Gasteiger partial charge is 0.381 e. The van der Waals surface area contributed by atoms with Gasteiger partial charge in [0.1, 0.15) is 11.4 Å². The summed E-state index contributed by atoms with van der Waals surface area (Å²) in [6.07, 6.45) is 4.15. The van der Waals surface area contributed by atoms with Crippen molar-refractivity contribution in [3.63, 3.8) is 0 Å². The number of nitrogens with one attached hydrogen (secondary N) is 1. The standard InChI is InChI=1S/C26H27FN4O3/c1-15(32)26(2)12-18(14-34-26)22-23-21(11-17-13-28-30-25(17)29-23)31(20-5-3-19(27)4-6-20)24(22)16-7-9-33-10-8-16/h3-6,11,13,16,18H,7-10,12,14H2,1-2H3,(H,28,29,30)/t18-,26+/m0/s1. The number of H-pyrrole nitrogens is 1. The lowest BCUT2D eigenvalue weighted by Gasteiger charge is -2.27. The minimum Gasteiger partial charge on any atom is -0.381 e. The molecule has 1 aromatic carbocycles. The summed E-state index contributed by atoms with van der Waals surface area (Å²) in [5.41, 5.74) is 4.92. The number of aromatic nitrogens is 4. The van der Waals surface area contributed by atoms with Crippen molar-refractivity contribution in [2.45, 2.75) is 50.5 Å². The minimum absolute atomic E-state index is 0.0174. The lowest BCUT2D eigenvalue weighted by molar-refractivity contribution is -0.134. The topological polar surface area (TPSA) is 82.0 Å². The van der Waals surface area contributed by atoms with E-state index in [1.807, 2.05) is 19.1 Å². The van der Waals surface area contributed by atoms with Gasteiger partial charge in [0.15, 0.2) is 11.4 Å². The first-order valence-corrected chi connectivity index (χ1v) is 11.8. The van der Waals surface area contributed by atoms with Crippen molar-refractivity contribution in [3.8, 4) is 5.69 Å². The van der Waals surface area contributed by atoms with Crippen molar-refractivity contribution in [2.75, 3.05) is 19.8 Å². The minimum atomic E-state index is -0.806. The van der Waals surface area contributed by atoms with Gasteiger partial charge in [-0.25, -0.2) is 9.37 Å². The number of hydrogen-bond acceptors (Lipinski definition) is 5. The Morgan fingerprint density at radius 2 is 1.97 bits per heavy atom. The predicted molar refractivity (Wildman–Crippen MR) is 126 cm³/mol. The summed E-state index contributed by atoms with van der Waals surface area (Å²) >= 11 is 0. The van der Waals surface area contributed by atoms with Gasteiger partial charge in [-0.05, 0) is 63.4 Å².